The van der Waals surface area contributed by atoms with Crippen molar-refractivity contribution in [2.24, 2.45) is 0 Å². The standard InChI is InChI=1S/C69H131NO13/c1-3-5-7-9-11-13-15-17-19-21-23-25-27-28-29-31-32-34-36-38-40-42-44-46-48-50-52-58(73)57(56-80-68-66(79)64(77)67(60(55-72)82-68)83-69-65(78)63(76)62(75)59(54-71)81-69)70-61(74)53-51-49-47-45-43-41-39-37-35-33-30-26-24-22-20-18-16-14-12-10-8-6-4-2/h16,18,22,24,57-60,62-69,71-73,75-79H,3-15,17,19-21,23,25-56H2,1-2H3,(H,70,74)/b18-16-,24-22-. The highest BCUT2D eigenvalue weighted by molar-refractivity contribution is 5.76. The molecule has 2 aliphatic rings. The number of nitrogens with one attached hydrogen (secondary N) is 1. The first kappa shape index (κ1) is 77.6. The molecule has 0 aromatic rings. The fourth-order valence-corrected chi connectivity index (χ4v) is 11.8. The van der Waals surface area contributed by atoms with Crippen LogP contribution in [-0.4, -0.2) is 140 Å². The van der Waals surface area contributed by atoms with Crippen molar-refractivity contribution in [2.45, 2.75) is 389 Å². The zero-order valence-corrected chi connectivity index (χ0v) is 53.2. The number of hydrogen-bond donors (Lipinski definition) is 9. The summed E-state index contributed by atoms with van der Waals surface area (Å²) in [6.45, 7) is 2.90. The van der Waals surface area contributed by atoms with Gasteiger partial charge in [0, 0.05) is 6.42 Å². The van der Waals surface area contributed by atoms with Gasteiger partial charge in [-0.15, -0.1) is 0 Å². The molecule has 0 radical (unpaired) electrons. The summed E-state index contributed by atoms with van der Waals surface area (Å²) in [5.41, 5.74) is 0. The number of allylic oxidation sites excluding steroid dienone is 4. The first-order chi connectivity index (χ1) is 40.6. The van der Waals surface area contributed by atoms with E-state index in [1.54, 1.807) is 0 Å². The predicted octanol–water partition coefficient (Wildman–Crippen LogP) is 14.0. The van der Waals surface area contributed by atoms with E-state index in [1.807, 2.05) is 0 Å². The highest BCUT2D eigenvalue weighted by Crippen LogP contribution is 2.30. The maximum Gasteiger partial charge on any atom is 0.220 e. The highest BCUT2D eigenvalue weighted by Gasteiger charge is 2.51. The van der Waals surface area contributed by atoms with Gasteiger partial charge >= 0.3 is 0 Å². The molecule has 83 heavy (non-hydrogen) atoms. The van der Waals surface area contributed by atoms with Crippen molar-refractivity contribution < 1.29 is 64.6 Å². The fraction of sp³-hybridized carbons (Fsp3) is 0.928. The van der Waals surface area contributed by atoms with Crippen molar-refractivity contribution >= 4 is 5.91 Å². The SMILES string of the molecule is CCCCCCC/C=C\C/C=C\CCCCCCCCCCCCCC(=O)NC(COC1OC(CO)C(OC2OC(CO)C(O)C(O)C2O)C(O)C1O)C(O)CCCCCCCCCCCCCCCCCCCCCCCCCCCC. The Morgan fingerprint density at radius 1 is 0.434 bits per heavy atom. The molecule has 2 saturated heterocycles. The molecule has 2 rings (SSSR count). The Balaban J connectivity index is 1.68. The van der Waals surface area contributed by atoms with Gasteiger partial charge in [0.1, 0.15) is 48.8 Å². The second-order valence-corrected chi connectivity index (χ2v) is 25.0. The zero-order chi connectivity index (χ0) is 60.2. The summed E-state index contributed by atoms with van der Waals surface area (Å²) in [5.74, 6) is -0.204. The van der Waals surface area contributed by atoms with Crippen LogP contribution in [0.4, 0.5) is 0 Å². The van der Waals surface area contributed by atoms with Gasteiger partial charge in [-0.25, -0.2) is 0 Å². The van der Waals surface area contributed by atoms with Crippen LogP contribution in [0.1, 0.15) is 316 Å². The van der Waals surface area contributed by atoms with Crippen molar-refractivity contribution in [2.75, 3.05) is 19.8 Å². The van der Waals surface area contributed by atoms with E-state index in [9.17, 15) is 45.6 Å². The summed E-state index contributed by atoms with van der Waals surface area (Å²) in [6.07, 6.45) is 50.4. The summed E-state index contributed by atoms with van der Waals surface area (Å²) in [4.78, 5) is 13.3. The van der Waals surface area contributed by atoms with E-state index >= 15 is 0 Å². The molecule has 0 aromatic heterocycles. The number of rotatable bonds is 58. The van der Waals surface area contributed by atoms with E-state index < -0.39 is 86.8 Å². The van der Waals surface area contributed by atoms with Gasteiger partial charge in [0.2, 0.25) is 5.91 Å². The van der Waals surface area contributed by atoms with Crippen LogP contribution in [0.5, 0.6) is 0 Å². The van der Waals surface area contributed by atoms with Crippen LogP contribution in [0, 0.1) is 0 Å². The number of aliphatic hydroxyl groups excluding tert-OH is 8. The van der Waals surface area contributed by atoms with Crippen LogP contribution in [-0.2, 0) is 23.7 Å². The molecule has 0 spiro atoms. The second kappa shape index (κ2) is 54.6. The van der Waals surface area contributed by atoms with Gasteiger partial charge in [-0.1, -0.05) is 289 Å². The fourth-order valence-electron chi connectivity index (χ4n) is 11.8. The van der Waals surface area contributed by atoms with E-state index in [-0.39, 0.29) is 12.5 Å². The van der Waals surface area contributed by atoms with Crippen molar-refractivity contribution in [3.8, 4) is 0 Å². The molecule has 2 heterocycles. The van der Waals surface area contributed by atoms with Crippen molar-refractivity contribution in [3.05, 3.63) is 24.3 Å². The lowest BCUT2D eigenvalue weighted by Gasteiger charge is -2.46. The van der Waals surface area contributed by atoms with Gasteiger partial charge in [0.15, 0.2) is 12.6 Å². The topological polar surface area (TPSA) is 228 Å². The Hall–Kier alpha value is -1.53. The second-order valence-electron chi connectivity index (χ2n) is 25.0. The number of carbonyl (C=O) groups excluding carboxylic acids is 1. The van der Waals surface area contributed by atoms with Crippen molar-refractivity contribution in [1.82, 2.24) is 5.32 Å². The molecule has 490 valence electrons. The van der Waals surface area contributed by atoms with Gasteiger partial charge in [0.05, 0.1) is 32.0 Å². The minimum absolute atomic E-state index is 0.204. The van der Waals surface area contributed by atoms with Gasteiger partial charge in [-0.3, -0.25) is 4.79 Å². The Morgan fingerprint density at radius 2 is 0.795 bits per heavy atom. The Morgan fingerprint density at radius 3 is 1.20 bits per heavy atom. The molecular weight excluding hydrogens is 1050 g/mol. The Kier molecular flexibility index (Phi) is 51.0. The van der Waals surface area contributed by atoms with Crippen LogP contribution in [0.15, 0.2) is 24.3 Å². The molecule has 0 aliphatic carbocycles. The van der Waals surface area contributed by atoms with Crippen LogP contribution in [0.25, 0.3) is 0 Å². The summed E-state index contributed by atoms with van der Waals surface area (Å²) in [6, 6.07) is -0.830. The minimum Gasteiger partial charge on any atom is -0.394 e. The maximum atomic E-state index is 13.3. The number of unbranched alkanes of at least 4 members (excludes halogenated alkanes) is 41. The van der Waals surface area contributed by atoms with E-state index in [4.69, 9.17) is 18.9 Å². The van der Waals surface area contributed by atoms with Gasteiger partial charge in [-0.05, 0) is 44.9 Å². The molecule has 12 atom stereocenters. The Labute approximate surface area is 507 Å². The average molecular weight is 1180 g/mol. The molecule has 14 heteroatoms. The monoisotopic (exact) mass is 1180 g/mol. The van der Waals surface area contributed by atoms with E-state index in [0.717, 1.165) is 57.8 Å². The first-order valence-electron chi connectivity index (χ1n) is 35.1. The normalized spacial score (nSPS) is 23.9. The molecule has 0 aromatic carbocycles. The summed E-state index contributed by atoms with van der Waals surface area (Å²) >= 11 is 0. The largest absolute Gasteiger partial charge is 0.394 e. The van der Waals surface area contributed by atoms with Crippen LogP contribution >= 0.6 is 0 Å². The van der Waals surface area contributed by atoms with Gasteiger partial charge in [-0.2, -0.15) is 0 Å². The lowest BCUT2D eigenvalue weighted by molar-refractivity contribution is -0.359. The third-order valence-corrected chi connectivity index (χ3v) is 17.4. The van der Waals surface area contributed by atoms with E-state index in [0.29, 0.717) is 12.8 Å². The lowest BCUT2D eigenvalue weighted by atomic mass is 9.97. The average Bonchev–Trinajstić information content (AvgIpc) is 3.64. The number of aliphatic hydroxyl groups is 8. The summed E-state index contributed by atoms with van der Waals surface area (Å²) < 4.78 is 22.9. The predicted molar refractivity (Wildman–Crippen MR) is 337 cm³/mol. The molecule has 2 fully saturated rings. The van der Waals surface area contributed by atoms with Gasteiger partial charge < -0.3 is 65.1 Å². The van der Waals surface area contributed by atoms with Crippen LogP contribution in [0.2, 0.25) is 0 Å². The molecule has 0 bridgehead atoms. The molecule has 2 aliphatic heterocycles. The zero-order valence-electron chi connectivity index (χ0n) is 53.2. The molecule has 9 N–H and O–H groups in total. The number of carbonyl (C=O) groups is 1. The molecule has 12 unspecified atom stereocenters. The molecule has 14 nitrogen and oxygen atoms in total. The number of amides is 1. The first-order valence-corrected chi connectivity index (χ1v) is 35.1. The van der Waals surface area contributed by atoms with Crippen LogP contribution in [0.3, 0.4) is 0 Å². The Bertz CT molecular complexity index is 1490. The van der Waals surface area contributed by atoms with E-state index in [1.165, 1.54) is 231 Å². The minimum atomic E-state index is -1.78. The summed E-state index contributed by atoms with van der Waals surface area (Å²) in [7, 11) is 0. The van der Waals surface area contributed by atoms with Crippen molar-refractivity contribution in [3.63, 3.8) is 0 Å². The number of hydrogen-bond acceptors (Lipinski definition) is 13. The maximum absolute atomic E-state index is 13.3. The molecule has 0 saturated carbocycles. The molecular formula is C69H131NO13. The van der Waals surface area contributed by atoms with E-state index in [2.05, 4.69) is 43.5 Å². The highest BCUT2D eigenvalue weighted by atomic mass is 16.7. The summed E-state index contributed by atoms with van der Waals surface area (Å²) in [5, 5.41) is 87.6. The number of ether oxygens (including phenoxy) is 4. The quantitative estimate of drug-likeness (QED) is 0.0204. The van der Waals surface area contributed by atoms with Crippen LogP contribution < -0.4 is 5.32 Å². The van der Waals surface area contributed by atoms with Gasteiger partial charge in [0.25, 0.3) is 0 Å². The van der Waals surface area contributed by atoms with Crippen molar-refractivity contribution in [1.29, 1.82) is 0 Å². The molecule has 1 amide bonds. The lowest BCUT2D eigenvalue weighted by Crippen LogP contribution is -2.65. The third-order valence-electron chi connectivity index (χ3n) is 17.4. The smallest absolute Gasteiger partial charge is 0.220 e. The third kappa shape index (κ3) is 39.2.